The van der Waals surface area contributed by atoms with Gasteiger partial charge in [0.05, 0.1) is 12.1 Å². The van der Waals surface area contributed by atoms with Crippen LogP contribution >= 0.6 is 11.6 Å². The van der Waals surface area contributed by atoms with Crippen molar-refractivity contribution in [3.63, 3.8) is 0 Å². The average Bonchev–Trinajstić information content (AvgIpc) is 2.52. The van der Waals surface area contributed by atoms with E-state index >= 15 is 0 Å². The summed E-state index contributed by atoms with van der Waals surface area (Å²) in [5.74, 6) is 1.14. The number of hydrogen-bond donors (Lipinski definition) is 1. The third-order valence-electron chi connectivity index (χ3n) is 3.16. The molecule has 1 N–H and O–H groups in total. The minimum absolute atomic E-state index is 0.0191. The van der Waals surface area contributed by atoms with E-state index in [2.05, 4.69) is 5.32 Å². The normalized spacial score (nSPS) is 10.1. The van der Waals surface area contributed by atoms with E-state index in [1.807, 2.05) is 37.3 Å². The Morgan fingerprint density at radius 2 is 1.95 bits per heavy atom. The summed E-state index contributed by atoms with van der Waals surface area (Å²) in [4.78, 5) is 11.8. The molecule has 0 unspecified atom stereocenters. The van der Waals surface area contributed by atoms with Gasteiger partial charge < -0.3 is 14.8 Å². The minimum atomic E-state index is -0.185. The number of halogens is 1. The Morgan fingerprint density at radius 3 is 2.64 bits per heavy atom. The molecule has 0 radical (unpaired) electrons. The Labute approximate surface area is 135 Å². The van der Waals surface area contributed by atoms with Crippen LogP contribution < -0.4 is 14.8 Å². The van der Waals surface area contributed by atoms with Crippen molar-refractivity contribution in [2.24, 2.45) is 0 Å². The lowest BCUT2D eigenvalue weighted by molar-refractivity contribution is -0.123. The second kappa shape index (κ2) is 7.71. The molecule has 0 spiro atoms. The fraction of sp³-hybridized carbons (Fsp3) is 0.235. The van der Waals surface area contributed by atoms with Crippen LogP contribution in [-0.4, -0.2) is 19.6 Å². The van der Waals surface area contributed by atoms with Crippen molar-refractivity contribution < 1.29 is 14.3 Å². The zero-order valence-electron chi connectivity index (χ0n) is 12.6. The van der Waals surface area contributed by atoms with Crippen LogP contribution in [0, 0.1) is 6.92 Å². The monoisotopic (exact) mass is 319 g/mol. The summed E-state index contributed by atoms with van der Waals surface area (Å²) >= 11 is 6.04. The lowest BCUT2D eigenvalue weighted by atomic mass is 10.2. The molecule has 116 valence electrons. The van der Waals surface area contributed by atoms with E-state index in [0.29, 0.717) is 23.1 Å². The van der Waals surface area contributed by atoms with Gasteiger partial charge in [-0.1, -0.05) is 35.9 Å². The average molecular weight is 320 g/mol. The van der Waals surface area contributed by atoms with Gasteiger partial charge in [-0.15, -0.1) is 0 Å². The highest BCUT2D eigenvalue weighted by Gasteiger charge is 2.06. The number of carbonyl (C=O) groups is 1. The molecule has 0 atom stereocenters. The Kier molecular flexibility index (Phi) is 5.67. The van der Waals surface area contributed by atoms with Crippen LogP contribution in [0.25, 0.3) is 0 Å². The number of nitrogens with one attached hydrogen (secondary N) is 1. The van der Waals surface area contributed by atoms with Gasteiger partial charge >= 0.3 is 0 Å². The number of methoxy groups -OCH3 is 1. The molecule has 0 fully saturated rings. The molecule has 0 aliphatic rings. The molecule has 2 aromatic carbocycles. The predicted molar refractivity (Wildman–Crippen MR) is 86.5 cm³/mol. The highest BCUT2D eigenvalue weighted by Crippen LogP contribution is 2.24. The number of carbonyl (C=O) groups excluding carboxylic acids is 1. The first kappa shape index (κ1) is 16.2. The van der Waals surface area contributed by atoms with E-state index in [4.69, 9.17) is 21.1 Å². The van der Waals surface area contributed by atoms with Crippen molar-refractivity contribution in [3.05, 3.63) is 58.6 Å². The smallest absolute Gasteiger partial charge is 0.258 e. The summed E-state index contributed by atoms with van der Waals surface area (Å²) in [6.07, 6.45) is 0. The van der Waals surface area contributed by atoms with Crippen LogP contribution in [0.5, 0.6) is 11.5 Å². The van der Waals surface area contributed by atoms with Gasteiger partial charge in [-0.05, 0) is 36.2 Å². The van der Waals surface area contributed by atoms with Crippen LogP contribution in [0.4, 0.5) is 0 Å². The summed E-state index contributed by atoms with van der Waals surface area (Å²) in [5.41, 5.74) is 1.90. The Balaban J connectivity index is 1.83. The summed E-state index contributed by atoms with van der Waals surface area (Å²) < 4.78 is 10.6. The first-order valence-corrected chi connectivity index (χ1v) is 7.25. The maximum atomic E-state index is 11.8. The second-order valence-corrected chi connectivity index (χ2v) is 5.21. The molecule has 0 aromatic heterocycles. The molecule has 0 aliphatic carbocycles. The van der Waals surface area contributed by atoms with E-state index in [0.717, 1.165) is 11.1 Å². The Morgan fingerprint density at radius 1 is 1.18 bits per heavy atom. The summed E-state index contributed by atoms with van der Waals surface area (Å²) in [6, 6.07) is 13.0. The lowest BCUT2D eigenvalue weighted by Crippen LogP contribution is -2.28. The number of amides is 1. The highest BCUT2D eigenvalue weighted by molar-refractivity contribution is 6.32. The molecule has 22 heavy (non-hydrogen) atoms. The fourth-order valence-electron chi connectivity index (χ4n) is 1.93. The van der Waals surface area contributed by atoms with Gasteiger partial charge in [0.25, 0.3) is 5.91 Å². The van der Waals surface area contributed by atoms with Crippen molar-refractivity contribution in [2.75, 3.05) is 13.7 Å². The molecule has 4 nitrogen and oxygen atoms in total. The van der Waals surface area contributed by atoms with E-state index in [1.54, 1.807) is 19.2 Å². The number of ether oxygens (including phenoxy) is 2. The van der Waals surface area contributed by atoms with Gasteiger partial charge in [-0.25, -0.2) is 0 Å². The van der Waals surface area contributed by atoms with E-state index in [9.17, 15) is 4.79 Å². The lowest BCUT2D eigenvalue weighted by Gasteiger charge is -2.10. The molecule has 0 heterocycles. The van der Waals surface area contributed by atoms with Crippen molar-refractivity contribution in [1.29, 1.82) is 0 Å². The first-order valence-electron chi connectivity index (χ1n) is 6.87. The maximum Gasteiger partial charge on any atom is 0.258 e. The van der Waals surface area contributed by atoms with E-state index < -0.39 is 0 Å². The quantitative estimate of drug-likeness (QED) is 0.888. The highest BCUT2D eigenvalue weighted by atomic mass is 35.5. The molecule has 0 saturated carbocycles. The SMILES string of the molecule is COc1ccc(CNC(=O)COc2ccccc2C)cc1Cl. The molecule has 0 bridgehead atoms. The van der Waals surface area contributed by atoms with Crippen LogP contribution in [0.15, 0.2) is 42.5 Å². The Hall–Kier alpha value is -2.20. The largest absolute Gasteiger partial charge is 0.495 e. The van der Waals surface area contributed by atoms with Crippen molar-refractivity contribution in [3.8, 4) is 11.5 Å². The summed E-state index contributed by atoms with van der Waals surface area (Å²) in [6.45, 7) is 2.31. The van der Waals surface area contributed by atoms with Gasteiger partial charge in [0.15, 0.2) is 6.61 Å². The van der Waals surface area contributed by atoms with Gasteiger partial charge in [0, 0.05) is 6.54 Å². The van der Waals surface area contributed by atoms with Gasteiger partial charge in [0.1, 0.15) is 11.5 Å². The molecular formula is C17H18ClNO3. The number of benzene rings is 2. The maximum absolute atomic E-state index is 11.8. The van der Waals surface area contributed by atoms with Gasteiger partial charge in [-0.3, -0.25) is 4.79 Å². The third kappa shape index (κ3) is 4.40. The summed E-state index contributed by atoms with van der Waals surface area (Å²) in [5, 5.41) is 3.31. The molecule has 0 saturated heterocycles. The van der Waals surface area contributed by atoms with Crippen molar-refractivity contribution >= 4 is 17.5 Å². The number of rotatable bonds is 6. The van der Waals surface area contributed by atoms with E-state index in [1.165, 1.54) is 0 Å². The Bertz CT molecular complexity index is 658. The molecule has 2 aromatic rings. The zero-order valence-corrected chi connectivity index (χ0v) is 13.3. The third-order valence-corrected chi connectivity index (χ3v) is 3.45. The summed E-state index contributed by atoms with van der Waals surface area (Å²) in [7, 11) is 1.56. The number of aryl methyl sites for hydroxylation is 1. The van der Waals surface area contributed by atoms with Crippen LogP contribution in [-0.2, 0) is 11.3 Å². The number of hydrogen-bond acceptors (Lipinski definition) is 3. The number of para-hydroxylation sites is 1. The van der Waals surface area contributed by atoms with Crippen LogP contribution in [0.1, 0.15) is 11.1 Å². The molecule has 5 heteroatoms. The fourth-order valence-corrected chi connectivity index (χ4v) is 2.21. The molecule has 1 amide bonds. The van der Waals surface area contributed by atoms with Gasteiger partial charge in [-0.2, -0.15) is 0 Å². The van der Waals surface area contributed by atoms with Crippen molar-refractivity contribution in [2.45, 2.75) is 13.5 Å². The minimum Gasteiger partial charge on any atom is -0.495 e. The predicted octanol–water partition coefficient (Wildman–Crippen LogP) is 3.35. The van der Waals surface area contributed by atoms with Gasteiger partial charge in [0.2, 0.25) is 0 Å². The first-order chi connectivity index (χ1) is 10.6. The van der Waals surface area contributed by atoms with Crippen molar-refractivity contribution in [1.82, 2.24) is 5.32 Å². The van der Waals surface area contributed by atoms with Crippen LogP contribution in [0.3, 0.4) is 0 Å². The van der Waals surface area contributed by atoms with E-state index in [-0.39, 0.29) is 12.5 Å². The zero-order chi connectivity index (χ0) is 15.9. The molecular weight excluding hydrogens is 302 g/mol. The second-order valence-electron chi connectivity index (χ2n) is 4.80. The topological polar surface area (TPSA) is 47.6 Å². The molecule has 2 rings (SSSR count). The molecule has 0 aliphatic heterocycles. The van der Waals surface area contributed by atoms with Crippen LogP contribution in [0.2, 0.25) is 5.02 Å². The standard InChI is InChI=1S/C17H18ClNO3/c1-12-5-3-4-6-15(12)22-11-17(20)19-10-13-7-8-16(21-2)14(18)9-13/h3-9H,10-11H2,1-2H3,(H,19,20).